The Hall–Kier alpha value is -4.33. The lowest BCUT2D eigenvalue weighted by atomic mass is 9.98. The highest BCUT2D eigenvalue weighted by Crippen LogP contribution is 2.36. The van der Waals surface area contributed by atoms with E-state index in [0.29, 0.717) is 0 Å². The molecule has 6 N–H and O–H groups in total. The van der Waals surface area contributed by atoms with E-state index in [-0.39, 0.29) is 33.8 Å². The van der Waals surface area contributed by atoms with Gasteiger partial charge in [0.15, 0.2) is 29.1 Å². The minimum atomic E-state index is -1.90. The number of carbonyl (C=O) groups is 2. The third-order valence-electron chi connectivity index (χ3n) is 5.37. The number of carboxylic acid groups (broad SMARTS) is 1. The molecule has 1 aromatic heterocycles. The molecule has 36 heavy (non-hydrogen) atoms. The van der Waals surface area contributed by atoms with Crippen LogP contribution in [0.5, 0.6) is 23.0 Å². The summed E-state index contributed by atoms with van der Waals surface area (Å²) in [6.45, 7) is 0.984. The zero-order valence-electron chi connectivity index (χ0n) is 18.4. The van der Waals surface area contributed by atoms with E-state index in [1.54, 1.807) is 0 Å². The Balaban J connectivity index is 1.67. The molecule has 0 aliphatic carbocycles. The molecular weight excluding hydrogens is 484 g/mol. The van der Waals surface area contributed by atoms with Gasteiger partial charge in [-0.25, -0.2) is 4.79 Å². The smallest absolute Gasteiger partial charge is 0.337 e. The zero-order valence-corrected chi connectivity index (χ0v) is 18.4. The first-order valence-electron chi connectivity index (χ1n) is 10.4. The molecule has 0 saturated carbocycles. The van der Waals surface area contributed by atoms with Gasteiger partial charge in [-0.15, -0.1) is 0 Å². The minimum Gasteiger partial charge on any atom is -0.508 e. The largest absolute Gasteiger partial charge is 0.508 e. The molecule has 4 rings (SSSR count). The summed E-state index contributed by atoms with van der Waals surface area (Å²) in [5, 5.41) is 59.8. The highest BCUT2D eigenvalue weighted by molar-refractivity contribution is 5.86. The molecule has 3 aromatic rings. The van der Waals surface area contributed by atoms with E-state index >= 15 is 0 Å². The lowest BCUT2D eigenvalue weighted by Gasteiger charge is -2.40. The van der Waals surface area contributed by atoms with Crippen LogP contribution in [0.3, 0.4) is 0 Å². The van der Waals surface area contributed by atoms with E-state index in [9.17, 15) is 45.0 Å². The van der Waals surface area contributed by atoms with Crippen LogP contribution in [-0.2, 0) is 19.1 Å². The predicted molar refractivity (Wildman–Crippen MR) is 117 cm³/mol. The Morgan fingerprint density at radius 2 is 1.69 bits per heavy atom. The summed E-state index contributed by atoms with van der Waals surface area (Å²) in [6, 6.07) is 6.83. The highest BCUT2D eigenvalue weighted by atomic mass is 16.7. The van der Waals surface area contributed by atoms with E-state index in [0.717, 1.165) is 31.2 Å². The molecule has 1 aliphatic rings. The second-order valence-electron chi connectivity index (χ2n) is 7.93. The summed E-state index contributed by atoms with van der Waals surface area (Å²) in [5.74, 6) is -4.23. The van der Waals surface area contributed by atoms with E-state index in [2.05, 4.69) is 0 Å². The number of hydrogen-bond acceptors (Lipinski definition) is 12. The number of aliphatic hydroxyl groups is 2. The van der Waals surface area contributed by atoms with Crippen LogP contribution in [-0.4, -0.2) is 73.3 Å². The maximum atomic E-state index is 12.5. The van der Waals surface area contributed by atoms with Gasteiger partial charge in [0, 0.05) is 30.7 Å². The predicted octanol–water partition coefficient (Wildman–Crippen LogP) is 0.419. The molecule has 3 unspecified atom stereocenters. The van der Waals surface area contributed by atoms with Crippen LogP contribution < -0.4 is 10.2 Å². The fraction of sp³-hybridized carbons (Fsp3) is 0.261. The molecule has 1 aliphatic heterocycles. The third-order valence-corrected chi connectivity index (χ3v) is 5.37. The van der Waals surface area contributed by atoms with Gasteiger partial charge in [0.25, 0.3) is 0 Å². The molecule has 0 radical (unpaired) electrons. The fourth-order valence-electron chi connectivity index (χ4n) is 3.74. The Kier molecular flexibility index (Phi) is 6.45. The molecule has 0 spiro atoms. The maximum absolute atomic E-state index is 12.5. The summed E-state index contributed by atoms with van der Waals surface area (Å²) >= 11 is 0. The van der Waals surface area contributed by atoms with Crippen molar-refractivity contribution in [2.75, 3.05) is 0 Å². The second-order valence-corrected chi connectivity index (χ2v) is 7.93. The molecule has 5 atom stereocenters. The molecule has 13 nitrogen and oxygen atoms in total. The van der Waals surface area contributed by atoms with Crippen LogP contribution in [0.4, 0.5) is 0 Å². The van der Waals surface area contributed by atoms with Crippen LogP contribution in [0.15, 0.2) is 45.6 Å². The Morgan fingerprint density at radius 1 is 0.972 bits per heavy atom. The van der Waals surface area contributed by atoms with Crippen LogP contribution in [0, 0.1) is 0 Å². The van der Waals surface area contributed by atoms with Crippen LogP contribution in [0.25, 0.3) is 22.3 Å². The van der Waals surface area contributed by atoms with Gasteiger partial charge >= 0.3 is 11.9 Å². The molecular formula is C23H20O13. The summed E-state index contributed by atoms with van der Waals surface area (Å²) in [5.41, 5.74) is -0.585. The van der Waals surface area contributed by atoms with Crippen LogP contribution >= 0.6 is 0 Å². The lowest BCUT2D eigenvalue weighted by Crippen LogP contribution is -2.62. The van der Waals surface area contributed by atoms with Crippen molar-refractivity contribution in [3.05, 3.63) is 46.6 Å². The average molecular weight is 504 g/mol. The number of benzene rings is 2. The van der Waals surface area contributed by atoms with Gasteiger partial charge in [0.1, 0.15) is 40.4 Å². The van der Waals surface area contributed by atoms with Crippen molar-refractivity contribution < 1.29 is 58.9 Å². The molecule has 2 aromatic carbocycles. The number of hydrogen-bond donors (Lipinski definition) is 6. The van der Waals surface area contributed by atoms with Crippen molar-refractivity contribution in [2.45, 2.75) is 37.6 Å². The molecule has 13 heteroatoms. The second kappa shape index (κ2) is 9.37. The van der Waals surface area contributed by atoms with E-state index in [1.165, 1.54) is 12.1 Å². The molecule has 2 heterocycles. The summed E-state index contributed by atoms with van der Waals surface area (Å²) < 4.78 is 21.0. The van der Waals surface area contributed by atoms with Gasteiger partial charge in [0.2, 0.25) is 6.29 Å². The van der Waals surface area contributed by atoms with Gasteiger partial charge in [-0.1, -0.05) is 0 Å². The van der Waals surface area contributed by atoms with Gasteiger partial charge in [-0.3, -0.25) is 9.59 Å². The van der Waals surface area contributed by atoms with Gasteiger partial charge < -0.3 is 49.3 Å². The van der Waals surface area contributed by atoms with Gasteiger partial charge in [-0.05, 0) is 18.2 Å². The highest BCUT2D eigenvalue weighted by Gasteiger charge is 2.51. The number of carboxylic acids is 1. The molecule has 190 valence electrons. The number of phenols is 3. The first-order valence-corrected chi connectivity index (χ1v) is 10.4. The third kappa shape index (κ3) is 4.62. The van der Waals surface area contributed by atoms with E-state index < -0.39 is 59.6 Å². The topological polar surface area (TPSA) is 213 Å². The Bertz CT molecular complexity index is 1390. The zero-order chi connectivity index (χ0) is 26.3. The Morgan fingerprint density at radius 3 is 2.36 bits per heavy atom. The maximum Gasteiger partial charge on any atom is 0.337 e. The van der Waals surface area contributed by atoms with E-state index in [1.807, 2.05) is 0 Å². The van der Waals surface area contributed by atoms with Gasteiger partial charge in [0.05, 0.1) is 0 Å². The molecule has 0 amide bonds. The van der Waals surface area contributed by atoms with Crippen molar-refractivity contribution in [2.24, 2.45) is 0 Å². The number of phenolic OH excluding ortho intramolecular Hbond substituents is 3. The number of carbonyl (C=O) groups excluding carboxylic acids is 1. The summed E-state index contributed by atoms with van der Waals surface area (Å²) in [4.78, 5) is 35.4. The Labute approximate surface area is 200 Å². The summed E-state index contributed by atoms with van der Waals surface area (Å²) in [7, 11) is 0. The number of rotatable bonds is 5. The van der Waals surface area contributed by atoms with Crippen molar-refractivity contribution in [3.8, 4) is 34.3 Å². The van der Waals surface area contributed by atoms with Gasteiger partial charge in [-0.2, -0.15) is 0 Å². The SMILES string of the molecule is CC(=O)O[C@@H]1C(C(=O)O)O[C@@H](Oc2cc(-c3cc(=O)c4c(O)cc(O)cc4o3)ccc2O)C(O)C1O. The van der Waals surface area contributed by atoms with Crippen LogP contribution in [0.2, 0.25) is 0 Å². The number of esters is 1. The first kappa shape index (κ1) is 24.8. The fourth-order valence-corrected chi connectivity index (χ4v) is 3.74. The van der Waals surface area contributed by atoms with Crippen molar-refractivity contribution in [3.63, 3.8) is 0 Å². The van der Waals surface area contributed by atoms with Crippen molar-refractivity contribution in [1.29, 1.82) is 0 Å². The number of aliphatic hydroxyl groups excluding tert-OH is 2. The minimum absolute atomic E-state index is 0.0502. The molecule has 0 bridgehead atoms. The van der Waals surface area contributed by atoms with Crippen molar-refractivity contribution in [1.82, 2.24) is 0 Å². The number of ether oxygens (including phenoxy) is 3. The first-order chi connectivity index (χ1) is 17.0. The molecule has 1 fully saturated rings. The van der Waals surface area contributed by atoms with Crippen LogP contribution in [0.1, 0.15) is 6.92 Å². The standard InChI is InChI=1S/C23H20O13/c1-8(24)33-20-18(29)19(30)23(36-21(20)22(31)32)35-15-4-9(2-3-11(15)26)14-7-13(28)17-12(27)5-10(25)6-16(17)34-14/h2-7,18-21,23,25-27,29-30H,1H3,(H,31,32)/t18?,19?,20-,21?,23+/m0/s1. The summed E-state index contributed by atoms with van der Waals surface area (Å²) in [6.07, 6.45) is -9.24. The normalized spacial score (nSPS) is 23.8. The van der Waals surface area contributed by atoms with Crippen molar-refractivity contribution >= 4 is 22.9 Å². The lowest BCUT2D eigenvalue weighted by molar-refractivity contribution is -0.274. The van der Waals surface area contributed by atoms with E-state index in [4.69, 9.17) is 18.6 Å². The molecule has 1 saturated heterocycles. The number of aromatic hydroxyl groups is 3. The number of fused-ring (bicyclic) bond motifs is 1. The quantitative estimate of drug-likeness (QED) is 0.260. The number of aliphatic carboxylic acids is 1. The monoisotopic (exact) mass is 504 g/mol. The average Bonchev–Trinajstić information content (AvgIpc) is 2.78.